The van der Waals surface area contributed by atoms with Crippen molar-refractivity contribution in [1.82, 2.24) is 14.4 Å². The van der Waals surface area contributed by atoms with E-state index < -0.39 is 15.8 Å². The minimum atomic E-state index is -3.76. The van der Waals surface area contributed by atoms with Gasteiger partial charge in [0.1, 0.15) is 5.82 Å². The molecule has 0 spiro atoms. The number of sulfonamides is 1. The van der Waals surface area contributed by atoms with Crippen molar-refractivity contribution in [2.24, 2.45) is 5.92 Å². The maximum atomic E-state index is 13.5. The second kappa shape index (κ2) is 9.53. The summed E-state index contributed by atoms with van der Waals surface area (Å²) >= 11 is 0. The van der Waals surface area contributed by atoms with Gasteiger partial charge in [0.05, 0.1) is 17.4 Å². The van der Waals surface area contributed by atoms with Gasteiger partial charge in [-0.1, -0.05) is 24.1 Å². The quantitative estimate of drug-likeness (QED) is 0.588. The fourth-order valence-corrected chi connectivity index (χ4v) is 5.82. The van der Waals surface area contributed by atoms with Gasteiger partial charge in [-0.25, -0.2) is 12.8 Å². The van der Waals surface area contributed by atoms with Crippen LogP contribution < -0.4 is 0 Å². The fourth-order valence-electron chi connectivity index (χ4n) is 4.26. The summed E-state index contributed by atoms with van der Waals surface area (Å²) in [5, 5.41) is 4.03. The van der Waals surface area contributed by atoms with Gasteiger partial charge in [-0.3, -0.25) is 0 Å². The summed E-state index contributed by atoms with van der Waals surface area (Å²) in [6, 6.07) is 5.10. The van der Waals surface area contributed by atoms with Crippen LogP contribution in [0.4, 0.5) is 4.39 Å². The minimum Gasteiger partial charge on any atom is -0.381 e. The van der Waals surface area contributed by atoms with Gasteiger partial charge >= 0.3 is 0 Å². The van der Waals surface area contributed by atoms with Gasteiger partial charge < -0.3 is 9.26 Å². The van der Waals surface area contributed by atoms with Gasteiger partial charge in [0.25, 0.3) is 0 Å². The summed E-state index contributed by atoms with van der Waals surface area (Å²) in [6.45, 7) is 1.99. The summed E-state index contributed by atoms with van der Waals surface area (Å²) < 4.78 is 51.8. The topological polar surface area (TPSA) is 85.5 Å². The molecule has 9 heteroatoms. The molecule has 1 unspecified atom stereocenters. The number of benzene rings is 1. The average Bonchev–Trinajstić information content (AvgIpc) is 3.43. The normalized spacial score (nSPS) is 21.3. The molecule has 7 nitrogen and oxygen atoms in total. The molecule has 1 aliphatic carbocycles. The van der Waals surface area contributed by atoms with Crippen molar-refractivity contribution in [2.45, 2.75) is 55.8 Å². The van der Waals surface area contributed by atoms with E-state index in [-0.39, 0.29) is 17.4 Å². The lowest BCUT2D eigenvalue weighted by Crippen LogP contribution is -2.39. The van der Waals surface area contributed by atoms with Gasteiger partial charge in [-0.15, -0.1) is 0 Å². The van der Waals surface area contributed by atoms with Gasteiger partial charge in [0, 0.05) is 26.1 Å². The molecule has 1 saturated carbocycles. The third kappa shape index (κ3) is 5.07. The van der Waals surface area contributed by atoms with E-state index in [1.807, 2.05) is 0 Å². The van der Waals surface area contributed by atoms with E-state index >= 15 is 0 Å². The molecule has 1 aromatic carbocycles. The van der Waals surface area contributed by atoms with Crippen molar-refractivity contribution in [2.75, 3.05) is 26.3 Å². The van der Waals surface area contributed by atoms with Crippen LogP contribution in [0.2, 0.25) is 0 Å². The van der Waals surface area contributed by atoms with E-state index in [4.69, 9.17) is 9.26 Å². The number of ether oxygens (including phenoxy) is 1. The summed E-state index contributed by atoms with van der Waals surface area (Å²) in [4.78, 5) is 4.43. The SMILES string of the molecule is O=S(=O)(c1cccc(F)c1)N1CCCC(c2nc(CCOCC3CCCC3)no2)C1. The first-order valence-corrected chi connectivity index (χ1v) is 12.1. The lowest BCUT2D eigenvalue weighted by atomic mass is 10.00. The van der Waals surface area contributed by atoms with Crippen LogP contribution in [0, 0.1) is 11.7 Å². The highest BCUT2D eigenvalue weighted by Crippen LogP contribution is 2.30. The lowest BCUT2D eigenvalue weighted by molar-refractivity contribution is 0.102. The maximum absolute atomic E-state index is 13.5. The summed E-state index contributed by atoms with van der Waals surface area (Å²) in [5.41, 5.74) is 0. The van der Waals surface area contributed by atoms with Crippen molar-refractivity contribution in [3.8, 4) is 0 Å². The van der Waals surface area contributed by atoms with Crippen molar-refractivity contribution >= 4 is 10.0 Å². The summed E-state index contributed by atoms with van der Waals surface area (Å²) in [6.07, 6.45) is 7.14. The molecule has 2 fully saturated rings. The molecule has 1 atom stereocenters. The predicted octanol–water partition coefficient (Wildman–Crippen LogP) is 3.53. The van der Waals surface area contributed by atoms with E-state index in [0.717, 1.165) is 19.1 Å². The van der Waals surface area contributed by atoms with Crippen LogP contribution in [0.1, 0.15) is 56.2 Å². The molecular weight excluding hydrogens is 409 g/mol. The first-order valence-electron chi connectivity index (χ1n) is 10.7. The molecule has 4 rings (SSSR count). The Labute approximate surface area is 176 Å². The number of rotatable bonds is 8. The van der Waals surface area contributed by atoms with Crippen LogP contribution in [0.5, 0.6) is 0 Å². The molecule has 0 bridgehead atoms. The highest BCUT2D eigenvalue weighted by atomic mass is 32.2. The van der Waals surface area contributed by atoms with Gasteiger partial charge in [0.2, 0.25) is 15.9 Å². The number of nitrogens with zero attached hydrogens (tertiary/aromatic N) is 3. The number of aromatic nitrogens is 2. The van der Waals surface area contributed by atoms with Crippen molar-refractivity contribution in [3.05, 3.63) is 41.8 Å². The zero-order valence-corrected chi connectivity index (χ0v) is 17.8. The highest BCUT2D eigenvalue weighted by Gasteiger charge is 2.33. The summed E-state index contributed by atoms with van der Waals surface area (Å²) in [5.74, 6) is 0.990. The van der Waals surface area contributed by atoms with Crippen LogP contribution in [-0.4, -0.2) is 49.2 Å². The van der Waals surface area contributed by atoms with E-state index in [1.165, 1.54) is 48.2 Å². The molecule has 0 radical (unpaired) electrons. The zero-order chi connectivity index (χ0) is 21.0. The summed E-state index contributed by atoms with van der Waals surface area (Å²) in [7, 11) is -3.76. The highest BCUT2D eigenvalue weighted by molar-refractivity contribution is 7.89. The number of hydrogen-bond acceptors (Lipinski definition) is 6. The van der Waals surface area contributed by atoms with Gasteiger partial charge in [-0.2, -0.15) is 9.29 Å². The van der Waals surface area contributed by atoms with Crippen LogP contribution in [-0.2, 0) is 21.2 Å². The molecule has 2 heterocycles. The minimum absolute atomic E-state index is 0.0335. The molecule has 0 amide bonds. The molecule has 2 aliphatic rings. The Kier molecular flexibility index (Phi) is 6.80. The molecule has 0 N–H and O–H groups in total. The molecule has 2 aromatic rings. The molecule has 1 aliphatic heterocycles. The van der Waals surface area contributed by atoms with Crippen molar-refractivity contribution < 1.29 is 22.1 Å². The Balaban J connectivity index is 1.33. The average molecular weight is 438 g/mol. The third-order valence-electron chi connectivity index (χ3n) is 5.95. The molecule has 30 heavy (non-hydrogen) atoms. The Morgan fingerprint density at radius 1 is 1.20 bits per heavy atom. The first kappa shape index (κ1) is 21.4. The maximum Gasteiger partial charge on any atom is 0.243 e. The second-order valence-corrected chi connectivity index (χ2v) is 10.1. The van der Waals surface area contributed by atoms with Crippen LogP contribution in [0.3, 0.4) is 0 Å². The predicted molar refractivity (Wildman–Crippen MR) is 108 cm³/mol. The lowest BCUT2D eigenvalue weighted by Gasteiger charge is -2.30. The van der Waals surface area contributed by atoms with E-state index in [2.05, 4.69) is 10.1 Å². The molecular formula is C21H28FN3O4S. The van der Waals surface area contributed by atoms with Crippen LogP contribution >= 0.6 is 0 Å². The van der Waals surface area contributed by atoms with E-state index in [9.17, 15) is 12.8 Å². The van der Waals surface area contributed by atoms with E-state index in [0.29, 0.717) is 43.6 Å². The first-order chi connectivity index (χ1) is 14.5. The Morgan fingerprint density at radius 2 is 2.03 bits per heavy atom. The zero-order valence-electron chi connectivity index (χ0n) is 17.0. The Hall–Kier alpha value is -1.84. The smallest absolute Gasteiger partial charge is 0.243 e. The number of halogens is 1. The number of piperidine rings is 1. The monoisotopic (exact) mass is 437 g/mol. The van der Waals surface area contributed by atoms with Crippen molar-refractivity contribution in [1.29, 1.82) is 0 Å². The standard InChI is InChI=1S/C21H28FN3O4S/c22-18-8-3-9-19(13-18)30(26,27)25-11-4-7-17(14-25)21-23-20(24-29-21)10-12-28-15-16-5-1-2-6-16/h3,8-9,13,16-17H,1-2,4-7,10-12,14-15H2. The van der Waals surface area contributed by atoms with E-state index in [1.54, 1.807) is 0 Å². The second-order valence-electron chi connectivity index (χ2n) is 8.18. The molecule has 1 saturated heterocycles. The Morgan fingerprint density at radius 3 is 2.83 bits per heavy atom. The van der Waals surface area contributed by atoms with Gasteiger partial charge in [-0.05, 0) is 49.8 Å². The van der Waals surface area contributed by atoms with Crippen molar-refractivity contribution in [3.63, 3.8) is 0 Å². The number of hydrogen-bond donors (Lipinski definition) is 0. The molecule has 164 valence electrons. The third-order valence-corrected chi connectivity index (χ3v) is 7.81. The largest absolute Gasteiger partial charge is 0.381 e. The fraction of sp³-hybridized carbons (Fsp3) is 0.619. The Bertz CT molecular complexity index is 943. The van der Waals surface area contributed by atoms with Crippen LogP contribution in [0.25, 0.3) is 0 Å². The molecule has 1 aromatic heterocycles. The van der Waals surface area contributed by atoms with Gasteiger partial charge in [0.15, 0.2) is 5.82 Å². The van der Waals surface area contributed by atoms with Crippen LogP contribution in [0.15, 0.2) is 33.7 Å².